The number of hydrogen-bond donors (Lipinski definition) is 2. The van der Waals surface area contributed by atoms with E-state index in [1.165, 1.54) is 19.2 Å². The van der Waals surface area contributed by atoms with Gasteiger partial charge in [0.05, 0.1) is 17.0 Å². The van der Waals surface area contributed by atoms with Gasteiger partial charge in [-0.1, -0.05) is 11.6 Å². The van der Waals surface area contributed by atoms with E-state index in [0.717, 1.165) is 0 Å². The fourth-order valence-electron chi connectivity index (χ4n) is 1.29. The van der Waals surface area contributed by atoms with Gasteiger partial charge in [0, 0.05) is 17.1 Å². The molecule has 0 aliphatic rings. The zero-order valence-corrected chi connectivity index (χ0v) is 15.2. The Hall–Kier alpha value is -0.0500. The molecule has 0 radical (unpaired) electrons. The molecule has 1 atom stereocenters. The van der Waals surface area contributed by atoms with Gasteiger partial charge in [-0.05, 0) is 42.0 Å². The van der Waals surface area contributed by atoms with Crippen LogP contribution in [0.5, 0.6) is 5.75 Å². The molecule has 0 aliphatic carbocycles. The lowest BCUT2D eigenvalue weighted by atomic mass is 10.3. The van der Waals surface area contributed by atoms with Crippen LogP contribution in [0.15, 0.2) is 21.5 Å². The fraction of sp³-hybridized carbons (Fsp3) is 0.455. The molecule has 5 nitrogen and oxygen atoms in total. The highest BCUT2D eigenvalue weighted by Crippen LogP contribution is 2.33. The van der Waals surface area contributed by atoms with E-state index in [0.29, 0.717) is 10.2 Å². The maximum Gasteiger partial charge on any atom is 0.241 e. The molecule has 0 aliphatic heterocycles. The average molecular weight is 408 g/mol. The van der Waals surface area contributed by atoms with Crippen molar-refractivity contribution in [2.75, 3.05) is 20.7 Å². The summed E-state index contributed by atoms with van der Waals surface area (Å²) in [5.41, 5.74) is 0. The van der Waals surface area contributed by atoms with Crippen molar-refractivity contribution in [3.63, 3.8) is 0 Å². The Kier molecular flexibility index (Phi) is 8.39. The molecule has 1 rings (SSSR count). The maximum atomic E-state index is 12.2. The minimum atomic E-state index is -3.62. The summed E-state index contributed by atoms with van der Waals surface area (Å²) in [4.78, 5) is 0.0848. The first-order chi connectivity index (χ1) is 8.81. The zero-order chi connectivity index (χ0) is 14.6. The van der Waals surface area contributed by atoms with Crippen LogP contribution >= 0.6 is 39.9 Å². The molecular formula is C11H17BrCl2N2O3S. The lowest BCUT2D eigenvalue weighted by Crippen LogP contribution is -2.37. The smallest absolute Gasteiger partial charge is 0.241 e. The number of halogens is 3. The topological polar surface area (TPSA) is 67.4 Å². The fourth-order valence-corrected chi connectivity index (χ4v) is 3.77. The van der Waals surface area contributed by atoms with Crippen LogP contribution in [-0.2, 0) is 10.0 Å². The SMILES string of the molecule is CNC(C)CNS(=O)(=O)c1cc(Cl)c(OC)cc1Br.Cl. The van der Waals surface area contributed by atoms with Crippen molar-refractivity contribution < 1.29 is 13.2 Å². The Balaban J connectivity index is 0.00000361. The van der Waals surface area contributed by atoms with Gasteiger partial charge in [-0.25, -0.2) is 13.1 Å². The van der Waals surface area contributed by atoms with Crippen LogP contribution < -0.4 is 14.8 Å². The lowest BCUT2D eigenvalue weighted by molar-refractivity contribution is 0.414. The second-order valence-corrected chi connectivity index (χ2v) is 6.96. The molecule has 1 unspecified atom stereocenters. The zero-order valence-electron chi connectivity index (χ0n) is 11.2. The second-order valence-electron chi connectivity index (χ2n) is 3.96. The van der Waals surface area contributed by atoms with Crippen LogP contribution in [0.1, 0.15) is 6.92 Å². The van der Waals surface area contributed by atoms with Crippen LogP contribution in [0.3, 0.4) is 0 Å². The normalized spacial score (nSPS) is 12.7. The first-order valence-corrected chi connectivity index (χ1v) is 8.17. The summed E-state index contributed by atoms with van der Waals surface area (Å²) in [5.74, 6) is 0.413. The molecule has 2 N–H and O–H groups in total. The molecule has 0 heterocycles. The van der Waals surface area contributed by atoms with Gasteiger partial charge in [0.15, 0.2) is 0 Å². The molecule has 9 heteroatoms. The summed E-state index contributed by atoms with van der Waals surface area (Å²) in [7, 11) is -0.390. The number of rotatable bonds is 6. The van der Waals surface area contributed by atoms with Gasteiger partial charge in [-0.3, -0.25) is 0 Å². The van der Waals surface area contributed by atoms with Gasteiger partial charge in [0.2, 0.25) is 10.0 Å². The third kappa shape index (κ3) is 5.05. The number of likely N-dealkylation sites (N-methyl/N-ethyl adjacent to an activating group) is 1. The molecule has 116 valence electrons. The van der Waals surface area contributed by atoms with Gasteiger partial charge in [0.1, 0.15) is 5.75 Å². The number of methoxy groups -OCH3 is 1. The largest absolute Gasteiger partial charge is 0.495 e. The quantitative estimate of drug-likeness (QED) is 0.759. The van der Waals surface area contributed by atoms with E-state index in [1.807, 2.05) is 6.92 Å². The average Bonchev–Trinajstić information content (AvgIpc) is 2.38. The monoisotopic (exact) mass is 406 g/mol. The van der Waals surface area contributed by atoms with E-state index in [9.17, 15) is 8.42 Å². The van der Waals surface area contributed by atoms with Crippen molar-refractivity contribution in [1.29, 1.82) is 0 Å². The number of sulfonamides is 1. The van der Waals surface area contributed by atoms with Crippen LogP contribution in [-0.4, -0.2) is 35.2 Å². The minimum absolute atomic E-state index is 0. The summed E-state index contributed by atoms with van der Waals surface area (Å²) in [5, 5.41) is 3.19. The van der Waals surface area contributed by atoms with Crippen LogP contribution in [0.25, 0.3) is 0 Å². The highest BCUT2D eigenvalue weighted by Gasteiger charge is 2.20. The predicted molar refractivity (Wildman–Crippen MR) is 86.7 cm³/mol. The number of benzene rings is 1. The molecule has 0 spiro atoms. The Morgan fingerprint density at radius 1 is 1.45 bits per heavy atom. The van der Waals surface area contributed by atoms with Crippen molar-refractivity contribution in [2.24, 2.45) is 0 Å². The third-order valence-corrected chi connectivity index (χ3v) is 5.25. The number of nitrogens with one attached hydrogen (secondary N) is 2. The van der Waals surface area contributed by atoms with Crippen molar-refractivity contribution in [1.82, 2.24) is 10.0 Å². The van der Waals surface area contributed by atoms with Crippen molar-refractivity contribution >= 4 is 50.0 Å². The van der Waals surface area contributed by atoms with Gasteiger partial charge in [-0.2, -0.15) is 0 Å². The van der Waals surface area contributed by atoms with Gasteiger partial charge in [-0.15, -0.1) is 12.4 Å². The molecule has 0 bridgehead atoms. The predicted octanol–water partition coefficient (Wildman–Crippen LogP) is 2.42. The van der Waals surface area contributed by atoms with E-state index >= 15 is 0 Å². The molecular weight excluding hydrogens is 391 g/mol. The van der Waals surface area contributed by atoms with Gasteiger partial charge >= 0.3 is 0 Å². The second kappa shape index (κ2) is 8.41. The van der Waals surface area contributed by atoms with E-state index in [2.05, 4.69) is 26.0 Å². The highest BCUT2D eigenvalue weighted by atomic mass is 79.9. The first kappa shape index (κ1) is 19.9. The van der Waals surface area contributed by atoms with Gasteiger partial charge < -0.3 is 10.1 Å². The number of hydrogen-bond acceptors (Lipinski definition) is 4. The molecule has 0 saturated carbocycles. The summed E-state index contributed by atoms with van der Waals surface area (Å²) in [6, 6.07) is 2.91. The Morgan fingerprint density at radius 3 is 2.55 bits per heavy atom. The minimum Gasteiger partial charge on any atom is -0.495 e. The maximum absolute atomic E-state index is 12.2. The Morgan fingerprint density at radius 2 is 2.05 bits per heavy atom. The lowest BCUT2D eigenvalue weighted by Gasteiger charge is -2.14. The van der Waals surface area contributed by atoms with E-state index in [1.54, 1.807) is 7.05 Å². The number of ether oxygens (including phenoxy) is 1. The van der Waals surface area contributed by atoms with Crippen molar-refractivity contribution in [3.05, 3.63) is 21.6 Å². The molecule has 0 amide bonds. The van der Waals surface area contributed by atoms with Crippen LogP contribution in [0.4, 0.5) is 0 Å². The van der Waals surface area contributed by atoms with Crippen LogP contribution in [0.2, 0.25) is 5.02 Å². The summed E-state index contributed by atoms with van der Waals surface area (Å²) < 4.78 is 32.2. The summed E-state index contributed by atoms with van der Waals surface area (Å²) >= 11 is 9.16. The van der Waals surface area contributed by atoms with Gasteiger partial charge in [0.25, 0.3) is 0 Å². The third-order valence-electron chi connectivity index (χ3n) is 2.57. The Bertz CT molecular complexity index is 555. The molecule has 1 aromatic carbocycles. The Labute approximate surface area is 139 Å². The standard InChI is InChI=1S/C11H16BrClN2O3S.ClH/c1-7(14-2)6-15-19(16,17)11-5-9(13)10(18-3)4-8(11)12;/h4-5,7,14-15H,6H2,1-3H3;1H. The molecule has 20 heavy (non-hydrogen) atoms. The van der Waals surface area contributed by atoms with E-state index in [4.69, 9.17) is 16.3 Å². The van der Waals surface area contributed by atoms with E-state index < -0.39 is 10.0 Å². The van der Waals surface area contributed by atoms with Crippen molar-refractivity contribution in [3.8, 4) is 5.75 Å². The summed E-state index contributed by atoms with van der Waals surface area (Å²) in [6.07, 6.45) is 0. The highest BCUT2D eigenvalue weighted by molar-refractivity contribution is 9.10. The molecule has 0 fully saturated rings. The summed E-state index contributed by atoms with van der Waals surface area (Å²) in [6.45, 7) is 2.16. The molecule has 0 aromatic heterocycles. The van der Waals surface area contributed by atoms with Crippen molar-refractivity contribution in [2.45, 2.75) is 17.9 Å². The van der Waals surface area contributed by atoms with E-state index in [-0.39, 0.29) is 34.9 Å². The van der Waals surface area contributed by atoms with Crippen LogP contribution in [0, 0.1) is 0 Å². The first-order valence-electron chi connectivity index (χ1n) is 5.51. The molecule has 0 saturated heterocycles. The molecule has 1 aromatic rings.